The Hall–Kier alpha value is -3.57. The molecule has 27 nitrogen and oxygen atoms in total. The fourth-order valence-electron chi connectivity index (χ4n) is 4.62. The summed E-state index contributed by atoms with van der Waals surface area (Å²) in [6.07, 6.45) is 0. The molecule has 14 N–H and O–H groups in total. The highest BCUT2D eigenvalue weighted by atomic mass is 32.3. The van der Waals surface area contributed by atoms with E-state index < -0.39 is 118 Å². The second-order valence-corrected chi connectivity index (χ2v) is 22.6. The summed E-state index contributed by atoms with van der Waals surface area (Å²) < 4.78 is 190. The van der Waals surface area contributed by atoms with Gasteiger partial charge in [0.15, 0.2) is 19.7 Å². The summed E-state index contributed by atoms with van der Waals surface area (Å²) in [6, 6.07) is 10.6. The molecule has 34 heteroatoms. The van der Waals surface area contributed by atoms with Crippen LogP contribution >= 0.6 is 33.8 Å². The number of phenolic OH excluding ortho intramolecular Hbond substituents is 1. The van der Waals surface area contributed by atoms with Gasteiger partial charge in [-0.25, -0.2) is 21.7 Å². The van der Waals surface area contributed by atoms with Gasteiger partial charge in [-0.1, -0.05) is 0 Å². The summed E-state index contributed by atoms with van der Waals surface area (Å²) in [5.41, 5.74) is 5.11. The molecule has 0 spiro atoms. The average Bonchev–Trinajstić information content (AvgIpc) is 3.10. The zero-order valence-corrected chi connectivity index (χ0v) is 36.9. The molecule has 0 atom stereocenters. The first-order valence-electron chi connectivity index (χ1n) is 15.8. The van der Waals surface area contributed by atoms with Crippen LogP contribution in [0.15, 0.2) is 99.5 Å². The van der Waals surface area contributed by atoms with Gasteiger partial charge in [0.05, 0.1) is 62.8 Å². The Morgan fingerprint density at radius 1 is 0.758 bits per heavy atom. The minimum absolute atomic E-state index is 0.143. The van der Waals surface area contributed by atoms with Crippen LogP contribution in [0.5, 0.6) is 5.75 Å². The number of fused-ring (bicyclic) bond motifs is 1. The molecular formula is C28H37N5O22S7. The number of benzene rings is 4. The van der Waals surface area contributed by atoms with Crippen LogP contribution in [0.4, 0.5) is 22.7 Å². The number of nitrogen functional groups attached to an aromatic ring is 1. The number of phenols is 1. The number of sulfone groups is 1. The molecule has 0 fully saturated rings. The Morgan fingerprint density at radius 3 is 1.85 bits per heavy atom. The third-order valence-electron chi connectivity index (χ3n) is 7.34. The van der Waals surface area contributed by atoms with E-state index in [1.165, 1.54) is 38.2 Å². The number of hydrogen-bond donors (Lipinski definition) is 13. The van der Waals surface area contributed by atoms with Crippen LogP contribution in [0, 0.1) is 6.92 Å². The van der Waals surface area contributed by atoms with Gasteiger partial charge in [-0.2, -0.15) is 36.5 Å². The van der Waals surface area contributed by atoms with Crippen LogP contribution in [0.25, 0.3) is 10.8 Å². The summed E-state index contributed by atoms with van der Waals surface area (Å²) in [5.74, 6) is -2.44. The largest absolute Gasteiger partial charge is 0.507 e. The third-order valence-corrected chi connectivity index (χ3v) is 13.8. The number of azo groups is 2. The first-order valence-corrected chi connectivity index (χ1v) is 26.1. The first kappa shape index (κ1) is 52.8. The fourth-order valence-corrected chi connectivity index (χ4v) is 9.13. The topological polar surface area (TPSA) is 465 Å². The monoisotopic (exact) mass is 1020 g/mol. The van der Waals surface area contributed by atoms with Gasteiger partial charge in [0.25, 0.3) is 10.1 Å². The van der Waals surface area contributed by atoms with Crippen LogP contribution in [0.2, 0.25) is 0 Å². The van der Waals surface area contributed by atoms with Gasteiger partial charge >= 0.3 is 10.4 Å². The molecule has 0 aliphatic carbocycles. The average molecular weight is 1020 g/mol. The smallest absolute Gasteiger partial charge is 0.397 e. The third kappa shape index (κ3) is 15.6. The molecule has 0 aromatic heterocycles. The van der Waals surface area contributed by atoms with E-state index in [9.17, 15) is 66.4 Å². The molecule has 0 saturated carbocycles. The van der Waals surface area contributed by atoms with Crippen molar-refractivity contribution in [1.29, 1.82) is 0 Å². The Bertz CT molecular complexity index is 2760. The van der Waals surface area contributed by atoms with Gasteiger partial charge in [0.1, 0.15) is 43.8 Å². The lowest BCUT2D eigenvalue weighted by Crippen LogP contribution is -2.36. The minimum Gasteiger partial charge on any atom is -0.507 e. The predicted molar refractivity (Wildman–Crippen MR) is 223 cm³/mol. The number of hydrogen-bond acceptors (Lipinski definition) is 23. The molecule has 4 aromatic rings. The van der Waals surface area contributed by atoms with Crippen molar-refractivity contribution in [2.75, 3.05) is 37.5 Å². The molecule has 0 heterocycles. The highest BCUT2D eigenvalue weighted by Gasteiger charge is 2.29. The van der Waals surface area contributed by atoms with Crippen LogP contribution in [0.3, 0.4) is 0 Å². The van der Waals surface area contributed by atoms with Crippen molar-refractivity contribution in [2.24, 2.45) is 20.5 Å². The van der Waals surface area contributed by atoms with Crippen molar-refractivity contribution >= 4 is 108 Å². The summed E-state index contributed by atoms with van der Waals surface area (Å²) in [4.78, 5) is 2.75. The Morgan fingerprint density at radius 2 is 1.34 bits per heavy atom. The van der Waals surface area contributed by atoms with Gasteiger partial charge in [0.2, 0.25) is 0 Å². The minimum atomic E-state index is -5.69. The summed E-state index contributed by atoms with van der Waals surface area (Å²) in [7, 11) is -26.8. The van der Waals surface area contributed by atoms with Gasteiger partial charge in [0, 0.05) is 22.9 Å². The lowest BCUT2D eigenvalue weighted by molar-refractivity contribution is -0.185. The van der Waals surface area contributed by atoms with Crippen LogP contribution in [-0.2, 0) is 53.7 Å². The van der Waals surface area contributed by atoms with E-state index in [4.69, 9.17) is 28.3 Å². The number of rotatable bonds is 17. The van der Waals surface area contributed by atoms with Gasteiger partial charge in [-0.15, -0.1) is 5.11 Å². The van der Waals surface area contributed by atoms with Crippen LogP contribution in [0.1, 0.15) is 5.56 Å². The maximum atomic E-state index is 12.0. The quantitative estimate of drug-likeness (QED) is 0.0103. The predicted octanol–water partition coefficient (Wildman–Crippen LogP) is 6.45. The number of nitrogens with two attached hydrogens (primary N) is 1. The molecule has 0 saturated heterocycles. The molecule has 0 bridgehead atoms. The van der Waals surface area contributed by atoms with E-state index in [1.807, 2.05) is 0 Å². The van der Waals surface area contributed by atoms with Crippen molar-refractivity contribution in [2.45, 2.75) is 31.4 Å². The molecule has 348 valence electrons. The molecule has 0 aliphatic heterocycles. The van der Waals surface area contributed by atoms with Gasteiger partial charge in [-0.05, 0) is 66.9 Å². The second kappa shape index (κ2) is 19.7. The SMILES string of the molecule is CN=Nc1ccc(S(=O)(=O)CCOS(=O)(=O)O)cc1S(O)(O)O.Cc1c(S(=O)(=O)O)cc2cc(S(O)(O)O)c(N=Nc3ccc(SOOCCS(=O)(O)(O)O)cc3)c(N)c2c1O. The Balaban J connectivity index is 0.000000380. The van der Waals surface area contributed by atoms with Crippen LogP contribution < -0.4 is 5.73 Å². The zero-order chi connectivity index (χ0) is 47.3. The molecule has 4 aromatic carbocycles. The van der Waals surface area contributed by atoms with E-state index in [-0.39, 0.29) is 33.4 Å². The highest BCUT2D eigenvalue weighted by molar-refractivity contribution is 8.19. The maximum Gasteiger partial charge on any atom is 0.397 e. The molecular weight excluding hydrogens is 983 g/mol. The number of aromatic hydroxyl groups is 1. The molecule has 0 radical (unpaired) electrons. The van der Waals surface area contributed by atoms with Gasteiger partial charge < -0.3 is 38.2 Å². The zero-order valence-electron chi connectivity index (χ0n) is 31.2. The Kier molecular flexibility index (Phi) is 16.7. The van der Waals surface area contributed by atoms with E-state index in [0.29, 0.717) is 16.9 Å². The Labute approximate surface area is 359 Å². The van der Waals surface area contributed by atoms with Crippen molar-refractivity contribution < 1.29 is 98.1 Å². The van der Waals surface area contributed by atoms with E-state index in [0.717, 1.165) is 30.3 Å². The second-order valence-electron chi connectivity index (χ2n) is 11.9. The maximum absolute atomic E-state index is 12.0. The molecule has 0 unspecified atom stereocenters. The summed E-state index contributed by atoms with van der Waals surface area (Å²) in [5, 5.41) is 25.0. The lowest BCUT2D eigenvalue weighted by atomic mass is 10.0. The first-order chi connectivity index (χ1) is 28.1. The lowest BCUT2D eigenvalue weighted by Gasteiger charge is -2.23. The van der Waals surface area contributed by atoms with E-state index >= 15 is 0 Å². The van der Waals surface area contributed by atoms with Crippen molar-refractivity contribution in [3.63, 3.8) is 0 Å². The highest BCUT2D eigenvalue weighted by Crippen LogP contribution is 2.55. The fraction of sp³-hybridized carbons (Fsp3) is 0.214. The van der Waals surface area contributed by atoms with Crippen molar-refractivity contribution in [3.8, 4) is 5.75 Å². The number of nitrogens with zero attached hydrogens (tertiary/aromatic N) is 4. The summed E-state index contributed by atoms with van der Waals surface area (Å²) in [6.45, 7) is -0.233. The van der Waals surface area contributed by atoms with Crippen molar-refractivity contribution in [3.05, 3.63) is 60.2 Å². The normalized spacial score (nSPS) is 14.4. The molecule has 62 heavy (non-hydrogen) atoms. The summed E-state index contributed by atoms with van der Waals surface area (Å²) >= 11 is 0.675. The van der Waals surface area contributed by atoms with Gasteiger partial charge in [-0.3, -0.25) is 22.8 Å². The van der Waals surface area contributed by atoms with Crippen molar-refractivity contribution in [1.82, 2.24) is 0 Å². The molecule has 0 aliphatic rings. The number of anilines is 1. The van der Waals surface area contributed by atoms with E-state index in [1.54, 1.807) is 0 Å². The molecule has 4 rings (SSSR count). The molecule has 0 amide bonds. The standard InChI is InChI=1S/C19H23N3O13S4.C9H14N2O9S3/c1-10-14(37(24,25)26)8-11-9-15(38(27,28)29)18(17(20)16(11)19(10)23)22-21-12-2-4-13(5-3-12)36-35-34-6-7-39(30,31,32)33;1-10-11-8-3-2-7(6-9(8)22(14,15)16)21(12,13)5-4-20-23(17,18)19/h2-5,8-9,23,27-29H,6-7,20H2,1H3,(H,24,25,26)(H3,30,31,32,33);2-3,6,14-16H,4-5H2,1H3,(H,17,18,19). The van der Waals surface area contributed by atoms with Crippen LogP contribution in [-0.4, -0.2) is 116 Å². The van der Waals surface area contributed by atoms with E-state index in [2.05, 4.69) is 29.5 Å².